The average Bonchev–Trinajstić information content (AvgIpc) is 3.88. The van der Waals surface area contributed by atoms with E-state index in [9.17, 15) is 22.8 Å². The second-order valence-electron chi connectivity index (χ2n) is 14.1. The lowest BCUT2D eigenvalue weighted by Crippen LogP contribution is -2.55. The van der Waals surface area contributed by atoms with E-state index in [0.29, 0.717) is 54.8 Å². The molecule has 2 aliphatic heterocycles. The predicted molar refractivity (Wildman–Crippen MR) is 188 cm³/mol. The Morgan fingerprint density at radius 2 is 1.78 bits per heavy atom. The summed E-state index contributed by atoms with van der Waals surface area (Å²) in [6.45, 7) is 3.98. The van der Waals surface area contributed by atoms with Gasteiger partial charge in [-0.2, -0.15) is 4.98 Å². The van der Waals surface area contributed by atoms with Gasteiger partial charge in [-0.25, -0.2) is 13.1 Å². The molecule has 0 radical (unpaired) electrons. The van der Waals surface area contributed by atoms with E-state index in [1.54, 1.807) is 12.1 Å². The number of piperidine rings is 1. The van der Waals surface area contributed by atoms with Gasteiger partial charge in [0.15, 0.2) is 5.82 Å². The molecule has 1 aromatic heterocycles. The zero-order chi connectivity index (χ0) is 35.7. The number of aromatic nitrogens is 2. The molecular weight excluding hydrogens is 684 g/mol. The molecule has 13 nitrogen and oxygen atoms in total. The van der Waals surface area contributed by atoms with Crippen molar-refractivity contribution in [2.45, 2.75) is 115 Å². The lowest BCUT2D eigenvalue weighted by molar-refractivity contribution is -0.140. The molecule has 3 fully saturated rings. The van der Waals surface area contributed by atoms with Crippen molar-refractivity contribution in [1.82, 2.24) is 30.4 Å². The fourth-order valence-electron chi connectivity index (χ4n) is 7.35. The number of hydrogen-bond donors (Lipinski definition) is 3. The number of nitrogens with zero attached hydrogens (tertiary/aromatic N) is 3. The molecule has 0 bridgehead atoms. The summed E-state index contributed by atoms with van der Waals surface area (Å²) in [4.78, 5) is 47.6. The molecule has 1 aromatic carbocycles. The molecule has 3 N–H and O–H groups in total. The van der Waals surface area contributed by atoms with Crippen molar-refractivity contribution in [3.63, 3.8) is 0 Å². The van der Waals surface area contributed by atoms with Gasteiger partial charge in [0.1, 0.15) is 12.1 Å². The fourth-order valence-corrected chi connectivity index (χ4v) is 8.21. The zero-order valence-electron chi connectivity index (χ0n) is 29.1. The van der Waals surface area contributed by atoms with Crippen molar-refractivity contribution >= 4 is 39.2 Å². The van der Waals surface area contributed by atoms with Crippen molar-refractivity contribution in [1.29, 1.82) is 0 Å². The van der Waals surface area contributed by atoms with E-state index in [0.717, 1.165) is 50.6 Å². The Morgan fingerprint density at radius 1 is 1.06 bits per heavy atom. The standard InChI is InChI=1S/C35H51ClN6O7S/c1-3-6-28(32(43)34-39-31(40-49-34)19-24-7-4-5-8-24)38-33(44)30-20-27(48-22-25-9-12-26(36)13-10-25)21-42(30)35(45)29(41-50(2,46)47)14-11-23-15-17-37-18-16-23/h9-10,12-13,23-24,27-30,37,41H,3-8,11,14-22H2,1-2H3,(H,38,44)/t27-,28+,29-,30+/m1/s1. The second-order valence-corrected chi connectivity index (χ2v) is 16.3. The van der Waals surface area contributed by atoms with Crippen LogP contribution in [0.15, 0.2) is 28.8 Å². The van der Waals surface area contributed by atoms with Crippen molar-refractivity contribution in [3.05, 3.63) is 46.6 Å². The maximum Gasteiger partial charge on any atom is 0.296 e. The van der Waals surface area contributed by atoms with Crippen LogP contribution in [-0.4, -0.2) is 91.2 Å². The summed E-state index contributed by atoms with van der Waals surface area (Å²) in [5, 5.41) is 10.8. The molecule has 0 unspecified atom stereocenters. The van der Waals surface area contributed by atoms with E-state index in [4.69, 9.17) is 20.9 Å². The second kappa shape index (κ2) is 18.0. The minimum Gasteiger partial charge on any atom is -0.372 e. The maximum absolute atomic E-state index is 14.2. The Labute approximate surface area is 300 Å². The first-order chi connectivity index (χ1) is 24.0. The van der Waals surface area contributed by atoms with Crippen LogP contribution in [0.1, 0.15) is 99.6 Å². The van der Waals surface area contributed by atoms with Gasteiger partial charge < -0.3 is 24.8 Å². The minimum atomic E-state index is -3.75. The quantitative estimate of drug-likeness (QED) is 0.203. The highest BCUT2D eigenvalue weighted by atomic mass is 35.5. The number of Topliss-reactive ketones (excluding diaryl/α,β-unsaturated/α-hetero) is 1. The molecule has 4 atom stereocenters. The van der Waals surface area contributed by atoms with Gasteiger partial charge in [0.2, 0.25) is 27.6 Å². The Morgan fingerprint density at radius 3 is 2.46 bits per heavy atom. The zero-order valence-corrected chi connectivity index (χ0v) is 30.6. The molecular formula is C35H51ClN6O7S. The van der Waals surface area contributed by atoms with E-state index >= 15 is 0 Å². The predicted octanol–water partition coefficient (Wildman–Crippen LogP) is 3.81. The Balaban J connectivity index is 1.32. The lowest BCUT2D eigenvalue weighted by atomic mass is 9.91. The summed E-state index contributed by atoms with van der Waals surface area (Å²) >= 11 is 6.04. The van der Waals surface area contributed by atoms with Gasteiger partial charge in [-0.1, -0.05) is 67.9 Å². The maximum atomic E-state index is 14.2. The van der Waals surface area contributed by atoms with Gasteiger partial charge in [-0.05, 0) is 74.7 Å². The Hall–Kier alpha value is -2.91. The number of ketones is 1. The van der Waals surface area contributed by atoms with Crippen molar-refractivity contribution in [3.8, 4) is 0 Å². The summed E-state index contributed by atoms with van der Waals surface area (Å²) in [6, 6.07) is 4.23. The number of halogens is 1. The summed E-state index contributed by atoms with van der Waals surface area (Å²) in [7, 11) is -3.75. The molecule has 2 saturated heterocycles. The summed E-state index contributed by atoms with van der Waals surface area (Å²) in [5.74, 6) is -0.304. The van der Waals surface area contributed by atoms with Gasteiger partial charge >= 0.3 is 0 Å². The van der Waals surface area contributed by atoms with E-state index < -0.39 is 51.9 Å². The number of carbonyl (C=O) groups excluding carboxylic acids is 3. The van der Waals surface area contributed by atoms with Gasteiger partial charge in [-0.3, -0.25) is 14.4 Å². The number of rotatable bonds is 17. The number of sulfonamides is 1. The smallest absolute Gasteiger partial charge is 0.296 e. The Kier molecular flexibility index (Phi) is 13.8. The van der Waals surface area contributed by atoms with Gasteiger partial charge in [0.05, 0.1) is 25.0 Å². The van der Waals surface area contributed by atoms with E-state index in [-0.39, 0.29) is 25.5 Å². The van der Waals surface area contributed by atoms with E-state index in [2.05, 4.69) is 25.5 Å². The SMILES string of the molecule is CCC[C@H](NC(=O)[C@@H]1C[C@@H](OCc2ccc(Cl)cc2)CN1C(=O)[C@@H](CCC1CCNCC1)NS(C)(=O)=O)C(=O)c1nc(CC2CCCC2)no1. The van der Waals surface area contributed by atoms with Crippen molar-refractivity contribution in [2.24, 2.45) is 11.8 Å². The van der Waals surface area contributed by atoms with Gasteiger partial charge in [0, 0.05) is 24.4 Å². The van der Waals surface area contributed by atoms with Gasteiger partial charge in [0.25, 0.3) is 5.89 Å². The van der Waals surface area contributed by atoms with Crippen LogP contribution in [0.4, 0.5) is 0 Å². The first kappa shape index (κ1) is 38.3. The van der Waals surface area contributed by atoms with Crippen LogP contribution < -0.4 is 15.4 Å². The van der Waals surface area contributed by atoms with Crippen LogP contribution in [0, 0.1) is 11.8 Å². The number of ether oxygens (including phenoxy) is 1. The summed E-state index contributed by atoms with van der Waals surface area (Å²) in [6.07, 6.45) is 9.69. The van der Waals surface area contributed by atoms with Crippen LogP contribution in [-0.2, 0) is 37.4 Å². The van der Waals surface area contributed by atoms with Gasteiger partial charge in [-0.15, -0.1) is 0 Å². The fraction of sp³-hybridized carbons (Fsp3) is 0.686. The lowest BCUT2D eigenvalue weighted by Gasteiger charge is -2.30. The summed E-state index contributed by atoms with van der Waals surface area (Å²) in [5.41, 5.74) is 0.874. The van der Waals surface area contributed by atoms with E-state index in [1.165, 1.54) is 17.7 Å². The third kappa shape index (κ3) is 11.0. The van der Waals surface area contributed by atoms with E-state index in [1.807, 2.05) is 19.1 Å². The molecule has 5 rings (SSSR count). The Bertz CT molecular complexity index is 1540. The monoisotopic (exact) mass is 734 g/mol. The molecule has 15 heteroatoms. The number of carbonyl (C=O) groups is 3. The van der Waals surface area contributed by atoms with Crippen molar-refractivity contribution in [2.75, 3.05) is 25.9 Å². The third-order valence-corrected chi connectivity index (χ3v) is 11.0. The molecule has 3 aliphatic rings. The molecule has 2 amide bonds. The number of amides is 2. The summed E-state index contributed by atoms with van der Waals surface area (Å²) < 4.78 is 39.0. The first-order valence-electron chi connectivity index (χ1n) is 18.0. The normalized spacial score (nSPS) is 21.7. The number of nitrogens with one attached hydrogen (secondary N) is 3. The van der Waals surface area contributed by atoms with Crippen LogP contribution >= 0.6 is 11.6 Å². The number of hydrogen-bond acceptors (Lipinski definition) is 10. The molecule has 2 aromatic rings. The number of benzene rings is 1. The highest BCUT2D eigenvalue weighted by Gasteiger charge is 2.44. The minimum absolute atomic E-state index is 0.0837. The molecule has 276 valence electrons. The van der Waals surface area contributed by atoms with Crippen molar-refractivity contribution < 1.29 is 32.1 Å². The highest BCUT2D eigenvalue weighted by molar-refractivity contribution is 7.88. The first-order valence-corrected chi connectivity index (χ1v) is 20.3. The van der Waals surface area contributed by atoms with Crippen LogP contribution in [0.5, 0.6) is 0 Å². The molecule has 0 spiro atoms. The van der Waals surface area contributed by atoms with Crippen LogP contribution in [0.3, 0.4) is 0 Å². The largest absolute Gasteiger partial charge is 0.372 e. The highest BCUT2D eigenvalue weighted by Crippen LogP contribution is 2.28. The van der Waals surface area contributed by atoms with Crippen LogP contribution in [0.2, 0.25) is 5.02 Å². The molecule has 1 saturated carbocycles. The third-order valence-electron chi connectivity index (χ3n) is 10.1. The molecule has 1 aliphatic carbocycles. The van der Waals surface area contributed by atoms with Crippen LogP contribution in [0.25, 0.3) is 0 Å². The number of likely N-dealkylation sites (tertiary alicyclic amines) is 1. The molecule has 50 heavy (non-hydrogen) atoms. The topological polar surface area (TPSA) is 173 Å². The average molecular weight is 735 g/mol. The molecule has 3 heterocycles.